The number of nitrogens with zero attached hydrogens (tertiary/aromatic N) is 3. The summed E-state index contributed by atoms with van der Waals surface area (Å²) in [4.78, 5) is 41.4. The lowest BCUT2D eigenvalue weighted by atomic mass is 10.00. The Kier molecular flexibility index (Phi) is 5.64. The van der Waals surface area contributed by atoms with Gasteiger partial charge < -0.3 is 9.88 Å². The Bertz CT molecular complexity index is 925. The molecule has 0 spiro atoms. The van der Waals surface area contributed by atoms with Gasteiger partial charge in [-0.2, -0.15) is 5.01 Å². The molecule has 0 bridgehead atoms. The summed E-state index contributed by atoms with van der Waals surface area (Å²) in [5.41, 5.74) is 3.32. The highest BCUT2D eigenvalue weighted by Gasteiger charge is 2.47. The van der Waals surface area contributed by atoms with Gasteiger partial charge in [-0.3, -0.25) is 15.0 Å². The molecule has 0 radical (unpaired) electrons. The van der Waals surface area contributed by atoms with E-state index >= 15 is 0 Å². The number of carbonyl (C=O) groups excluding carboxylic acids is 3. The summed E-state index contributed by atoms with van der Waals surface area (Å²) in [5, 5.41) is 4.11. The third kappa shape index (κ3) is 3.84. The zero-order valence-corrected chi connectivity index (χ0v) is 17.3. The fourth-order valence-corrected chi connectivity index (χ4v) is 3.83. The van der Waals surface area contributed by atoms with Crippen LogP contribution in [0.1, 0.15) is 34.1 Å². The minimum Gasteiger partial charge on any atom is -0.322 e. The van der Waals surface area contributed by atoms with Gasteiger partial charge in [0.2, 0.25) is 5.91 Å². The van der Waals surface area contributed by atoms with Crippen molar-refractivity contribution >= 4 is 40.6 Å². The second kappa shape index (κ2) is 7.83. The van der Waals surface area contributed by atoms with E-state index in [2.05, 4.69) is 34.1 Å². The van der Waals surface area contributed by atoms with E-state index in [1.807, 2.05) is 24.3 Å². The standard InChI is InChI=1S/C19H25N5O3S/c1-5-19(4)16(26)24(17(27)21-19)22-15(25)11-28-18-20-13-8-6-7-9-14(13)23(18)10-12(2)3/h6-9,12H,5,10-11H2,1-4H3,(H,21,27)(H,22,25)/t19-/m1/s1. The topological polar surface area (TPSA) is 96.3 Å². The quantitative estimate of drug-likeness (QED) is 0.547. The third-order valence-electron chi connectivity index (χ3n) is 4.70. The summed E-state index contributed by atoms with van der Waals surface area (Å²) < 4.78 is 2.10. The number of nitrogens with one attached hydrogen (secondary N) is 2. The summed E-state index contributed by atoms with van der Waals surface area (Å²) in [6.07, 6.45) is 0.442. The van der Waals surface area contributed by atoms with Crippen LogP contribution in [-0.4, -0.2) is 43.7 Å². The number of hydrogen-bond donors (Lipinski definition) is 2. The van der Waals surface area contributed by atoms with E-state index in [0.29, 0.717) is 12.3 Å². The lowest BCUT2D eigenvalue weighted by Gasteiger charge is -2.19. The maximum Gasteiger partial charge on any atom is 0.344 e. The normalized spacial score (nSPS) is 19.5. The van der Waals surface area contributed by atoms with Crippen molar-refractivity contribution in [3.63, 3.8) is 0 Å². The molecule has 4 amide bonds. The van der Waals surface area contributed by atoms with Crippen LogP contribution in [0.25, 0.3) is 11.0 Å². The van der Waals surface area contributed by atoms with E-state index in [-0.39, 0.29) is 5.75 Å². The van der Waals surface area contributed by atoms with E-state index in [0.717, 1.165) is 27.7 Å². The number of benzene rings is 1. The zero-order chi connectivity index (χ0) is 20.5. The molecular weight excluding hydrogens is 378 g/mol. The number of aromatic nitrogens is 2. The van der Waals surface area contributed by atoms with Crippen molar-refractivity contribution in [3.05, 3.63) is 24.3 Å². The van der Waals surface area contributed by atoms with E-state index in [4.69, 9.17) is 0 Å². The van der Waals surface area contributed by atoms with Crippen molar-refractivity contribution < 1.29 is 14.4 Å². The second-order valence-corrected chi connectivity index (χ2v) is 8.41. The van der Waals surface area contributed by atoms with Gasteiger partial charge in [-0.05, 0) is 31.4 Å². The molecule has 8 nitrogen and oxygen atoms in total. The van der Waals surface area contributed by atoms with Crippen molar-refractivity contribution in [3.8, 4) is 0 Å². The average molecular weight is 404 g/mol. The molecule has 2 heterocycles. The van der Waals surface area contributed by atoms with Gasteiger partial charge in [0.1, 0.15) is 5.54 Å². The molecule has 3 rings (SSSR count). The van der Waals surface area contributed by atoms with Crippen LogP contribution in [0.5, 0.6) is 0 Å². The Morgan fingerprint density at radius 1 is 1.32 bits per heavy atom. The average Bonchev–Trinajstić information content (AvgIpc) is 3.10. The number of fused-ring (bicyclic) bond motifs is 1. The molecule has 1 saturated heterocycles. The first-order valence-electron chi connectivity index (χ1n) is 9.29. The number of hydrazine groups is 1. The minimum absolute atomic E-state index is 0.0430. The maximum absolute atomic E-state index is 12.4. The molecule has 28 heavy (non-hydrogen) atoms. The van der Waals surface area contributed by atoms with Crippen LogP contribution in [0.15, 0.2) is 29.4 Å². The number of carbonyl (C=O) groups is 3. The fraction of sp³-hybridized carbons (Fsp3) is 0.474. The SMILES string of the molecule is CC[C@@]1(C)NC(=O)N(NC(=O)CSc2nc3ccccc3n2CC(C)C)C1=O. The summed E-state index contributed by atoms with van der Waals surface area (Å²) >= 11 is 1.28. The number of thioether (sulfide) groups is 1. The van der Waals surface area contributed by atoms with E-state index in [1.165, 1.54) is 11.8 Å². The largest absolute Gasteiger partial charge is 0.344 e. The van der Waals surface area contributed by atoms with Crippen molar-refractivity contribution in [1.82, 2.24) is 25.3 Å². The van der Waals surface area contributed by atoms with Crippen LogP contribution in [0.3, 0.4) is 0 Å². The lowest BCUT2D eigenvalue weighted by molar-refractivity contribution is -0.137. The van der Waals surface area contributed by atoms with Crippen LogP contribution in [0, 0.1) is 5.92 Å². The predicted octanol–water partition coefficient (Wildman–Crippen LogP) is 2.54. The van der Waals surface area contributed by atoms with Crippen molar-refractivity contribution in [2.75, 3.05) is 5.75 Å². The molecule has 1 atom stereocenters. The van der Waals surface area contributed by atoms with Gasteiger partial charge in [-0.1, -0.05) is 44.7 Å². The van der Waals surface area contributed by atoms with Crippen LogP contribution in [-0.2, 0) is 16.1 Å². The molecule has 2 aromatic rings. The highest BCUT2D eigenvalue weighted by Crippen LogP contribution is 2.25. The number of urea groups is 1. The number of para-hydroxylation sites is 2. The molecule has 0 saturated carbocycles. The molecule has 1 aromatic carbocycles. The second-order valence-electron chi connectivity index (χ2n) is 7.47. The summed E-state index contributed by atoms with van der Waals surface area (Å²) in [5.74, 6) is -0.424. The van der Waals surface area contributed by atoms with Gasteiger partial charge in [-0.25, -0.2) is 9.78 Å². The molecule has 150 valence electrons. The van der Waals surface area contributed by atoms with Crippen LogP contribution in [0.2, 0.25) is 0 Å². The van der Waals surface area contributed by atoms with Crippen molar-refractivity contribution in [2.45, 2.75) is 51.4 Å². The Morgan fingerprint density at radius 3 is 2.68 bits per heavy atom. The molecular formula is C19H25N5O3S. The third-order valence-corrected chi connectivity index (χ3v) is 5.68. The number of imide groups is 1. The molecule has 0 unspecified atom stereocenters. The Morgan fingerprint density at radius 2 is 2.04 bits per heavy atom. The number of amides is 4. The Labute approximate surface area is 168 Å². The number of rotatable bonds is 7. The molecule has 9 heteroatoms. The molecule has 1 aliphatic heterocycles. The fourth-order valence-electron chi connectivity index (χ4n) is 3.02. The number of imidazole rings is 1. The summed E-state index contributed by atoms with van der Waals surface area (Å²) in [6.45, 7) is 8.48. The Hall–Kier alpha value is -2.55. The highest BCUT2D eigenvalue weighted by molar-refractivity contribution is 7.99. The summed E-state index contributed by atoms with van der Waals surface area (Å²) in [7, 11) is 0. The highest BCUT2D eigenvalue weighted by atomic mass is 32.2. The van der Waals surface area contributed by atoms with Crippen molar-refractivity contribution in [1.29, 1.82) is 0 Å². The molecule has 1 aliphatic rings. The van der Waals surface area contributed by atoms with Crippen LogP contribution < -0.4 is 10.7 Å². The van der Waals surface area contributed by atoms with Crippen LogP contribution >= 0.6 is 11.8 Å². The minimum atomic E-state index is -0.983. The van der Waals surface area contributed by atoms with Gasteiger partial charge in [-0.15, -0.1) is 0 Å². The van der Waals surface area contributed by atoms with Gasteiger partial charge in [0.05, 0.1) is 16.8 Å². The van der Waals surface area contributed by atoms with Gasteiger partial charge in [0.15, 0.2) is 5.16 Å². The predicted molar refractivity (Wildman–Crippen MR) is 108 cm³/mol. The molecule has 0 aliphatic carbocycles. The summed E-state index contributed by atoms with van der Waals surface area (Å²) in [6, 6.07) is 7.23. The Balaban J connectivity index is 1.70. The first-order valence-corrected chi connectivity index (χ1v) is 10.3. The maximum atomic E-state index is 12.4. The van der Waals surface area contributed by atoms with E-state index in [9.17, 15) is 14.4 Å². The first kappa shape index (κ1) is 20.2. The van der Waals surface area contributed by atoms with E-state index < -0.39 is 23.4 Å². The van der Waals surface area contributed by atoms with Gasteiger partial charge >= 0.3 is 6.03 Å². The van der Waals surface area contributed by atoms with E-state index in [1.54, 1.807) is 13.8 Å². The van der Waals surface area contributed by atoms with Crippen LogP contribution in [0.4, 0.5) is 4.79 Å². The lowest BCUT2D eigenvalue weighted by Crippen LogP contribution is -2.49. The monoisotopic (exact) mass is 403 g/mol. The van der Waals surface area contributed by atoms with Gasteiger partial charge in [0.25, 0.3) is 5.91 Å². The molecule has 1 fully saturated rings. The smallest absolute Gasteiger partial charge is 0.322 e. The number of hydrogen-bond acceptors (Lipinski definition) is 5. The van der Waals surface area contributed by atoms with Crippen molar-refractivity contribution in [2.24, 2.45) is 5.92 Å². The first-order chi connectivity index (χ1) is 13.2. The zero-order valence-electron chi connectivity index (χ0n) is 16.5. The van der Waals surface area contributed by atoms with Gasteiger partial charge in [0, 0.05) is 6.54 Å². The molecule has 1 aromatic heterocycles. The molecule has 2 N–H and O–H groups in total.